The second-order valence-corrected chi connectivity index (χ2v) is 6.79. The van der Waals surface area contributed by atoms with Crippen LogP contribution in [0.2, 0.25) is 0 Å². The Hall–Kier alpha value is -3.29. The van der Waals surface area contributed by atoms with Crippen LogP contribution in [0.25, 0.3) is 0 Å². The Kier molecular flexibility index (Phi) is 5.16. The molecule has 0 heterocycles. The molecule has 1 aliphatic carbocycles. The summed E-state index contributed by atoms with van der Waals surface area (Å²) in [7, 11) is 0. The summed E-state index contributed by atoms with van der Waals surface area (Å²) < 4.78 is 0. The number of rotatable bonds is 5. The van der Waals surface area contributed by atoms with Crippen molar-refractivity contribution >= 4 is 22.8 Å². The Bertz CT molecular complexity index is 898. The van der Waals surface area contributed by atoms with E-state index in [1.54, 1.807) is 0 Å². The van der Waals surface area contributed by atoms with E-state index in [1.165, 1.54) is 12.1 Å². The molecule has 1 aliphatic rings. The third kappa shape index (κ3) is 3.79. The molecule has 0 bridgehead atoms. The van der Waals surface area contributed by atoms with Gasteiger partial charge in [-0.1, -0.05) is 43.7 Å². The highest BCUT2D eigenvalue weighted by Crippen LogP contribution is 2.37. The van der Waals surface area contributed by atoms with Crippen LogP contribution in [-0.2, 0) is 5.41 Å². The molecule has 8 heteroatoms. The molecule has 0 saturated heterocycles. The zero-order chi connectivity index (χ0) is 19.4. The summed E-state index contributed by atoms with van der Waals surface area (Å²) >= 11 is 0. The van der Waals surface area contributed by atoms with Gasteiger partial charge in [-0.25, -0.2) is 0 Å². The summed E-state index contributed by atoms with van der Waals surface area (Å²) in [5.41, 5.74) is 4.05. The highest BCUT2D eigenvalue weighted by atomic mass is 16.6. The number of non-ortho nitro benzene ring substituents is 1. The van der Waals surface area contributed by atoms with Crippen LogP contribution in [0.15, 0.2) is 53.6 Å². The summed E-state index contributed by atoms with van der Waals surface area (Å²) in [6.07, 6.45) is 3.83. The van der Waals surface area contributed by atoms with E-state index in [9.17, 15) is 20.2 Å². The van der Waals surface area contributed by atoms with Crippen LogP contribution in [0.1, 0.15) is 38.2 Å². The zero-order valence-corrected chi connectivity index (χ0v) is 14.9. The van der Waals surface area contributed by atoms with E-state index in [0.717, 1.165) is 43.0 Å². The van der Waals surface area contributed by atoms with Crippen molar-refractivity contribution in [3.8, 4) is 0 Å². The third-order valence-corrected chi connectivity index (χ3v) is 5.09. The first-order valence-corrected chi connectivity index (χ1v) is 8.73. The van der Waals surface area contributed by atoms with E-state index in [4.69, 9.17) is 0 Å². The molecule has 0 spiro atoms. The van der Waals surface area contributed by atoms with Crippen molar-refractivity contribution in [3.05, 3.63) is 74.3 Å². The van der Waals surface area contributed by atoms with Gasteiger partial charge in [-0.3, -0.25) is 25.7 Å². The van der Waals surface area contributed by atoms with Crippen LogP contribution in [-0.4, -0.2) is 15.6 Å². The van der Waals surface area contributed by atoms with Crippen LogP contribution in [0.5, 0.6) is 0 Å². The van der Waals surface area contributed by atoms with Crippen LogP contribution in [0.3, 0.4) is 0 Å². The fraction of sp³-hybridized carbons (Fsp3) is 0.316. The average Bonchev–Trinajstić information content (AvgIpc) is 2.67. The Balaban J connectivity index is 1.94. The molecule has 140 valence electrons. The summed E-state index contributed by atoms with van der Waals surface area (Å²) in [5.74, 6) is 0. The van der Waals surface area contributed by atoms with Gasteiger partial charge in [-0.2, -0.15) is 5.10 Å². The summed E-state index contributed by atoms with van der Waals surface area (Å²) in [6.45, 7) is 2.13. The van der Waals surface area contributed by atoms with Gasteiger partial charge in [-0.15, -0.1) is 0 Å². The predicted octanol–water partition coefficient (Wildman–Crippen LogP) is 4.80. The number of nitrogens with one attached hydrogen (secondary N) is 1. The van der Waals surface area contributed by atoms with Crippen molar-refractivity contribution in [1.29, 1.82) is 0 Å². The van der Waals surface area contributed by atoms with Crippen molar-refractivity contribution < 1.29 is 9.85 Å². The Labute approximate surface area is 156 Å². The van der Waals surface area contributed by atoms with Gasteiger partial charge in [0.05, 0.1) is 15.9 Å². The van der Waals surface area contributed by atoms with Gasteiger partial charge in [0, 0.05) is 17.2 Å². The van der Waals surface area contributed by atoms with Crippen molar-refractivity contribution in [2.45, 2.75) is 38.0 Å². The lowest BCUT2D eigenvalue weighted by Crippen LogP contribution is -2.36. The van der Waals surface area contributed by atoms with Gasteiger partial charge >= 0.3 is 5.69 Å². The number of nitro benzene ring substituents is 2. The van der Waals surface area contributed by atoms with E-state index < -0.39 is 9.85 Å². The lowest BCUT2D eigenvalue weighted by molar-refractivity contribution is -0.393. The number of hydrogen-bond acceptors (Lipinski definition) is 6. The quantitative estimate of drug-likeness (QED) is 0.602. The molecule has 1 unspecified atom stereocenters. The van der Waals surface area contributed by atoms with Gasteiger partial charge < -0.3 is 0 Å². The molecule has 0 aliphatic heterocycles. The predicted molar refractivity (Wildman–Crippen MR) is 103 cm³/mol. The molecule has 1 atom stereocenters. The van der Waals surface area contributed by atoms with Crippen LogP contribution in [0, 0.1) is 20.2 Å². The number of nitro groups is 2. The van der Waals surface area contributed by atoms with Gasteiger partial charge in [0.15, 0.2) is 0 Å². The topological polar surface area (TPSA) is 111 Å². The smallest absolute Gasteiger partial charge is 0.272 e. The molecule has 0 radical (unpaired) electrons. The molecule has 2 aromatic carbocycles. The zero-order valence-electron chi connectivity index (χ0n) is 14.9. The fourth-order valence-electron chi connectivity index (χ4n) is 3.49. The SMILES string of the molecule is CC1(c2ccccc2)CCCC/C1=N/Nc1ccc([N+](=O)[O-])cc1[N+](=O)[O-]. The second-order valence-electron chi connectivity index (χ2n) is 6.79. The first kappa shape index (κ1) is 18.5. The number of anilines is 1. The molecule has 0 amide bonds. The highest BCUT2D eigenvalue weighted by molar-refractivity contribution is 5.95. The third-order valence-electron chi connectivity index (χ3n) is 5.09. The molecule has 3 rings (SSSR count). The second kappa shape index (κ2) is 7.53. The molecule has 27 heavy (non-hydrogen) atoms. The number of hydrogen-bond donors (Lipinski definition) is 1. The molecule has 2 aromatic rings. The Morgan fingerprint density at radius 3 is 2.44 bits per heavy atom. The molecule has 0 aromatic heterocycles. The number of benzene rings is 2. The van der Waals surface area contributed by atoms with Gasteiger partial charge in [0.1, 0.15) is 5.69 Å². The van der Waals surface area contributed by atoms with Crippen molar-refractivity contribution in [2.24, 2.45) is 5.10 Å². The Morgan fingerprint density at radius 1 is 1.04 bits per heavy atom. The molecule has 8 nitrogen and oxygen atoms in total. The van der Waals surface area contributed by atoms with E-state index >= 15 is 0 Å². The Morgan fingerprint density at radius 2 is 1.78 bits per heavy atom. The van der Waals surface area contributed by atoms with E-state index in [-0.39, 0.29) is 22.5 Å². The minimum absolute atomic E-state index is 0.138. The highest BCUT2D eigenvalue weighted by Gasteiger charge is 2.35. The van der Waals surface area contributed by atoms with E-state index in [0.29, 0.717) is 0 Å². The molecular weight excluding hydrogens is 348 g/mol. The number of hydrazone groups is 1. The lowest BCUT2D eigenvalue weighted by atomic mass is 9.69. The minimum atomic E-state index is -0.656. The average molecular weight is 368 g/mol. The molecule has 1 saturated carbocycles. The molecule has 1 N–H and O–H groups in total. The molecule has 1 fully saturated rings. The summed E-state index contributed by atoms with van der Waals surface area (Å²) in [4.78, 5) is 20.9. The maximum Gasteiger partial charge on any atom is 0.301 e. The maximum atomic E-state index is 11.3. The first-order chi connectivity index (χ1) is 12.9. The summed E-state index contributed by atoms with van der Waals surface area (Å²) in [5, 5.41) is 26.7. The van der Waals surface area contributed by atoms with E-state index in [2.05, 4.69) is 29.6 Å². The monoisotopic (exact) mass is 368 g/mol. The van der Waals surface area contributed by atoms with Gasteiger partial charge in [0.25, 0.3) is 5.69 Å². The largest absolute Gasteiger partial charge is 0.301 e. The van der Waals surface area contributed by atoms with Gasteiger partial charge in [0.2, 0.25) is 0 Å². The van der Waals surface area contributed by atoms with Crippen LogP contribution < -0.4 is 5.43 Å². The number of nitrogens with zero attached hydrogens (tertiary/aromatic N) is 3. The van der Waals surface area contributed by atoms with E-state index in [1.807, 2.05) is 18.2 Å². The minimum Gasteiger partial charge on any atom is -0.272 e. The first-order valence-electron chi connectivity index (χ1n) is 8.73. The van der Waals surface area contributed by atoms with Crippen LogP contribution in [0.4, 0.5) is 17.1 Å². The normalized spacial score (nSPS) is 21.0. The standard InChI is InChI=1S/C19H20N4O4/c1-19(14-7-3-2-4-8-14)12-6-5-9-18(19)21-20-16-11-10-15(22(24)25)13-17(16)23(26)27/h2-4,7-8,10-11,13,20H,5-6,9,12H2,1H3/b21-18-. The van der Waals surface area contributed by atoms with Gasteiger partial charge in [-0.05, 0) is 30.9 Å². The maximum absolute atomic E-state index is 11.3. The fourth-order valence-corrected chi connectivity index (χ4v) is 3.49. The summed E-state index contributed by atoms with van der Waals surface area (Å²) in [6, 6.07) is 13.6. The van der Waals surface area contributed by atoms with Crippen molar-refractivity contribution in [2.75, 3.05) is 5.43 Å². The molecular formula is C19H20N4O4. The van der Waals surface area contributed by atoms with Crippen molar-refractivity contribution in [1.82, 2.24) is 0 Å². The lowest BCUT2D eigenvalue weighted by Gasteiger charge is -2.35. The van der Waals surface area contributed by atoms with Crippen LogP contribution >= 0.6 is 0 Å². The van der Waals surface area contributed by atoms with Crippen molar-refractivity contribution in [3.63, 3.8) is 0 Å².